The van der Waals surface area contributed by atoms with Crippen molar-refractivity contribution in [3.63, 3.8) is 0 Å². The van der Waals surface area contributed by atoms with Crippen molar-refractivity contribution in [1.82, 2.24) is 5.01 Å². The number of allylic oxidation sites excluding steroid dienone is 2. The van der Waals surface area contributed by atoms with E-state index in [0.717, 1.165) is 5.82 Å². The highest BCUT2D eigenvalue weighted by atomic mass is 15.6. The van der Waals surface area contributed by atoms with E-state index in [1.165, 1.54) is 0 Å². The van der Waals surface area contributed by atoms with Crippen molar-refractivity contribution in [2.45, 2.75) is 0 Å². The number of hydrogen-bond donors (Lipinski definition) is 0. The highest BCUT2D eigenvalue weighted by Crippen LogP contribution is 2.15. The zero-order valence-electron chi connectivity index (χ0n) is 4.65. The lowest BCUT2D eigenvalue weighted by Gasteiger charge is -2.07. The Hall–Kier alpha value is -1.41. The largest absolute Gasteiger partial charge is 0.214 e. The molecule has 44 valence electrons. The molecule has 4 nitrogen and oxygen atoms in total. The summed E-state index contributed by atoms with van der Waals surface area (Å²) in [5.74, 6) is 3.49. The van der Waals surface area contributed by atoms with Crippen LogP contribution in [0, 0.1) is 0 Å². The molecule has 2 aliphatic rings. The molecule has 0 aliphatic carbocycles. The van der Waals surface area contributed by atoms with Crippen molar-refractivity contribution in [2.75, 3.05) is 6.67 Å². The van der Waals surface area contributed by atoms with E-state index in [1.54, 1.807) is 11.1 Å². The fraction of sp³-hybridized carbons (Fsp3) is 0.200. The quantitative estimate of drug-likeness (QED) is 0.464. The molecule has 0 saturated carbocycles. The van der Waals surface area contributed by atoms with Gasteiger partial charge in [-0.25, -0.2) is 5.01 Å². The van der Waals surface area contributed by atoms with Crippen LogP contribution >= 0.6 is 0 Å². The molecular weight excluding hydrogens is 116 g/mol. The molecule has 4 heteroatoms. The van der Waals surface area contributed by atoms with Crippen LogP contribution in [0.4, 0.5) is 0 Å². The highest BCUT2D eigenvalue weighted by molar-refractivity contribution is 5.56. The number of azo groups is 1. The standard InChI is InChI=1S/C5H4N4/c1-2-5-8-6-4-9(5)7-3-1/h1-2H,4H2. The van der Waals surface area contributed by atoms with Crippen molar-refractivity contribution in [3.8, 4) is 0 Å². The lowest BCUT2D eigenvalue weighted by atomic mass is 10.5. The Morgan fingerprint density at radius 1 is 1.67 bits per heavy atom. The van der Waals surface area contributed by atoms with Gasteiger partial charge in [0.15, 0.2) is 12.5 Å². The van der Waals surface area contributed by atoms with Gasteiger partial charge < -0.3 is 0 Å². The van der Waals surface area contributed by atoms with Gasteiger partial charge in [0.25, 0.3) is 0 Å². The second-order valence-electron chi connectivity index (χ2n) is 1.70. The number of rotatable bonds is 0. The van der Waals surface area contributed by atoms with Crippen LogP contribution in [0.25, 0.3) is 0 Å². The van der Waals surface area contributed by atoms with E-state index in [1.807, 2.05) is 6.08 Å². The lowest BCUT2D eigenvalue weighted by molar-refractivity contribution is 0.411. The number of hydrogen-bond acceptors (Lipinski definition) is 4. The highest BCUT2D eigenvalue weighted by Gasteiger charge is 2.12. The summed E-state index contributed by atoms with van der Waals surface area (Å²) in [7, 11) is 0. The van der Waals surface area contributed by atoms with Crippen LogP contribution < -0.4 is 0 Å². The van der Waals surface area contributed by atoms with Gasteiger partial charge in [0.05, 0.1) is 0 Å². The van der Waals surface area contributed by atoms with Crippen molar-refractivity contribution >= 4 is 5.87 Å². The number of nitrogens with zero attached hydrogens (tertiary/aromatic N) is 4. The molecule has 0 amide bonds. The van der Waals surface area contributed by atoms with E-state index in [4.69, 9.17) is 0 Å². The normalized spacial score (nSPS) is 20.4. The Labute approximate surface area is 51.9 Å². The molecule has 0 fully saturated rings. The topological polar surface area (TPSA) is 40.3 Å². The summed E-state index contributed by atoms with van der Waals surface area (Å²) in [6.45, 7) is 0.534. The molecule has 0 aromatic heterocycles. The van der Waals surface area contributed by atoms with Gasteiger partial charge in [0.1, 0.15) is 0 Å². The zero-order chi connectivity index (χ0) is 6.10. The summed E-state index contributed by atoms with van der Waals surface area (Å²) in [5, 5.41) is 13.1. The minimum absolute atomic E-state index is 0.534. The second kappa shape index (κ2) is 1.53. The average molecular weight is 120 g/mol. The second-order valence-corrected chi connectivity index (χ2v) is 1.70. The van der Waals surface area contributed by atoms with E-state index in [9.17, 15) is 0 Å². The first kappa shape index (κ1) is 4.47. The van der Waals surface area contributed by atoms with E-state index in [0.29, 0.717) is 6.67 Å². The van der Waals surface area contributed by atoms with Crippen molar-refractivity contribution < 1.29 is 0 Å². The van der Waals surface area contributed by atoms with Gasteiger partial charge >= 0.3 is 0 Å². The Bertz CT molecular complexity index is 244. The lowest BCUT2D eigenvalue weighted by Crippen LogP contribution is -2.11. The molecule has 0 bridgehead atoms. The van der Waals surface area contributed by atoms with Gasteiger partial charge in [-0.1, -0.05) is 0 Å². The van der Waals surface area contributed by atoms with E-state index < -0.39 is 0 Å². The van der Waals surface area contributed by atoms with Crippen LogP contribution in [-0.4, -0.2) is 17.5 Å². The van der Waals surface area contributed by atoms with Gasteiger partial charge in [-0.05, 0) is 6.08 Å². The van der Waals surface area contributed by atoms with Gasteiger partial charge in [-0.2, -0.15) is 5.11 Å². The summed E-state index contributed by atoms with van der Waals surface area (Å²) in [6.07, 6.45) is 3.54. The molecule has 0 aromatic rings. The first-order valence-electron chi connectivity index (χ1n) is 2.61. The minimum Gasteiger partial charge on any atom is -0.214 e. The molecule has 0 saturated heterocycles. The maximum Gasteiger partial charge on any atom is 0.174 e. The van der Waals surface area contributed by atoms with E-state index in [2.05, 4.69) is 21.2 Å². The third kappa shape index (κ3) is 0.571. The maximum atomic E-state index is 3.86. The zero-order valence-corrected chi connectivity index (χ0v) is 4.65. The Morgan fingerprint density at radius 3 is 3.56 bits per heavy atom. The van der Waals surface area contributed by atoms with E-state index in [-0.39, 0.29) is 0 Å². The Kier molecular flexibility index (Phi) is 0.761. The van der Waals surface area contributed by atoms with Crippen molar-refractivity contribution in [1.29, 1.82) is 0 Å². The fourth-order valence-electron chi connectivity index (χ4n) is 0.705. The predicted molar refractivity (Wildman–Crippen MR) is 31.6 cm³/mol. The summed E-state index contributed by atoms with van der Waals surface area (Å²) >= 11 is 0. The SMILES string of the molecule is C1=CC=C2N=NCN2N=1. The summed E-state index contributed by atoms with van der Waals surface area (Å²) in [6, 6.07) is 0. The average Bonchev–Trinajstić information content (AvgIpc) is 2.33. The first-order chi connectivity index (χ1) is 4.47. The van der Waals surface area contributed by atoms with Crippen LogP contribution in [0.15, 0.2) is 33.3 Å². The van der Waals surface area contributed by atoms with Crippen LogP contribution in [-0.2, 0) is 0 Å². The van der Waals surface area contributed by atoms with Crippen LogP contribution in [0.3, 0.4) is 0 Å². The summed E-state index contributed by atoms with van der Waals surface area (Å²) < 4.78 is 0. The number of fused-ring (bicyclic) bond motifs is 1. The van der Waals surface area contributed by atoms with Crippen molar-refractivity contribution in [3.05, 3.63) is 18.0 Å². The molecular formula is C5H4N4. The first-order valence-corrected chi connectivity index (χ1v) is 2.61. The Balaban J connectivity index is 2.43. The molecule has 0 spiro atoms. The molecule has 9 heavy (non-hydrogen) atoms. The smallest absolute Gasteiger partial charge is 0.174 e. The van der Waals surface area contributed by atoms with Crippen LogP contribution in [0.1, 0.15) is 0 Å². The molecule has 0 unspecified atom stereocenters. The fourth-order valence-corrected chi connectivity index (χ4v) is 0.705. The monoisotopic (exact) mass is 120 g/mol. The molecule has 0 N–H and O–H groups in total. The van der Waals surface area contributed by atoms with Crippen LogP contribution in [0.5, 0.6) is 0 Å². The molecule has 0 atom stereocenters. The molecule has 2 heterocycles. The van der Waals surface area contributed by atoms with Crippen LogP contribution in [0.2, 0.25) is 0 Å². The van der Waals surface area contributed by atoms with Gasteiger partial charge in [-0.15, -0.1) is 10.2 Å². The molecule has 0 radical (unpaired) electrons. The number of hydrazone groups is 1. The molecule has 0 aromatic carbocycles. The predicted octanol–water partition coefficient (Wildman–Crippen LogP) is 0.708. The summed E-state index contributed by atoms with van der Waals surface area (Å²) in [4.78, 5) is 0. The van der Waals surface area contributed by atoms with E-state index >= 15 is 0 Å². The molecule has 2 rings (SSSR count). The third-order valence-electron chi connectivity index (χ3n) is 1.12. The third-order valence-corrected chi connectivity index (χ3v) is 1.12. The Morgan fingerprint density at radius 2 is 2.67 bits per heavy atom. The minimum atomic E-state index is 0.534. The van der Waals surface area contributed by atoms with Gasteiger partial charge in [0, 0.05) is 11.9 Å². The maximum absolute atomic E-state index is 3.86. The van der Waals surface area contributed by atoms with Gasteiger partial charge in [0.2, 0.25) is 0 Å². The molecule has 2 aliphatic heterocycles. The van der Waals surface area contributed by atoms with Crippen molar-refractivity contribution in [2.24, 2.45) is 15.3 Å². The van der Waals surface area contributed by atoms with Gasteiger partial charge in [-0.3, -0.25) is 0 Å². The summed E-state index contributed by atoms with van der Waals surface area (Å²) in [5.41, 5.74) is 0.